The second-order valence-corrected chi connectivity index (χ2v) is 7.10. The lowest BCUT2D eigenvalue weighted by Gasteiger charge is -2.38. The molecule has 1 aromatic carbocycles. The van der Waals surface area contributed by atoms with Crippen LogP contribution in [-0.4, -0.2) is 72.9 Å². The topological polar surface area (TPSA) is 91.9 Å². The van der Waals surface area contributed by atoms with Gasteiger partial charge in [-0.2, -0.15) is 4.98 Å². The Hall–Kier alpha value is -3.62. The average molecular weight is 422 g/mol. The first-order valence-corrected chi connectivity index (χ1v) is 10.4. The van der Waals surface area contributed by atoms with Gasteiger partial charge < -0.3 is 24.4 Å². The average Bonchev–Trinajstić information content (AvgIpc) is 3.31. The maximum absolute atomic E-state index is 5.50. The molecule has 3 aromatic rings. The van der Waals surface area contributed by atoms with Crippen LogP contribution in [0.15, 0.2) is 58.2 Å². The first-order valence-electron chi connectivity index (χ1n) is 10.4. The highest BCUT2D eigenvalue weighted by Gasteiger charge is 2.21. The highest BCUT2D eigenvalue weighted by atomic mass is 16.5. The van der Waals surface area contributed by atoms with Gasteiger partial charge in [0.25, 0.3) is 5.89 Å². The van der Waals surface area contributed by atoms with Crippen LogP contribution < -0.4 is 15.0 Å². The molecule has 0 spiro atoms. The number of hydrogen-bond acceptors (Lipinski definition) is 7. The third kappa shape index (κ3) is 4.93. The van der Waals surface area contributed by atoms with Crippen molar-refractivity contribution in [2.75, 3.05) is 51.8 Å². The Labute approximate surface area is 181 Å². The molecule has 1 aliphatic heterocycles. The minimum Gasteiger partial charge on any atom is -0.495 e. The molecule has 0 radical (unpaired) electrons. The van der Waals surface area contributed by atoms with Crippen LogP contribution in [0.1, 0.15) is 5.82 Å². The molecule has 0 amide bonds. The zero-order valence-electron chi connectivity index (χ0n) is 17.9. The number of rotatable bonds is 6. The Morgan fingerprint density at radius 1 is 1.13 bits per heavy atom. The number of anilines is 1. The molecule has 0 saturated carbocycles. The second kappa shape index (κ2) is 9.92. The molecule has 4 rings (SSSR count). The van der Waals surface area contributed by atoms with Crippen LogP contribution in [0.3, 0.4) is 0 Å². The van der Waals surface area contributed by atoms with Crippen LogP contribution >= 0.6 is 0 Å². The van der Waals surface area contributed by atoms with Gasteiger partial charge in [-0.3, -0.25) is 9.98 Å². The van der Waals surface area contributed by atoms with E-state index in [-0.39, 0.29) is 0 Å². The molecule has 1 fully saturated rings. The summed E-state index contributed by atoms with van der Waals surface area (Å²) in [5.74, 6) is 2.87. The van der Waals surface area contributed by atoms with E-state index in [4.69, 9.17) is 9.26 Å². The van der Waals surface area contributed by atoms with E-state index in [2.05, 4.69) is 41.3 Å². The van der Waals surface area contributed by atoms with Crippen molar-refractivity contribution in [3.05, 3.63) is 54.5 Å². The third-order valence-corrected chi connectivity index (χ3v) is 5.20. The van der Waals surface area contributed by atoms with Crippen molar-refractivity contribution in [2.45, 2.75) is 6.42 Å². The smallest absolute Gasteiger partial charge is 0.276 e. The lowest BCUT2D eigenvalue weighted by molar-refractivity contribution is 0.367. The zero-order valence-corrected chi connectivity index (χ0v) is 17.9. The molecule has 0 aliphatic carbocycles. The Morgan fingerprint density at radius 3 is 2.68 bits per heavy atom. The van der Waals surface area contributed by atoms with Gasteiger partial charge in [0.15, 0.2) is 11.8 Å². The minimum atomic E-state index is 0.437. The molecule has 31 heavy (non-hydrogen) atoms. The predicted molar refractivity (Wildman–Crippen MR) is 119 cm³/mol. The fourth-order valence-corrected chi connectivity index (χ4v) is 3.62. The molecule has 2 aromatic heterocycles. The normalized spacial score (nSPS) is 14.6. The molecule has 0 unspecified atom stereocenters. The van der Waals surface area contributed by atoms with E-state index in [1.54, 1.807) is 13.3 Å². The Balaban J connectivity index is 1.27. The number of aliphatic imine (C=N–C) groups is 1. The highest BCUT2D eigenvalue weighted by Crippen LogP contribution is 2.28. The van der Waals surface area contributed by atoms with Gasteiger partial charge in [0.2, 0.25) is 0 Å². The molecular weight excluding hydrogens is 394 g/mol. The molecule has 0 atom stereocenters. The summed E-state index contributed by atoms with van der Waals surface area (Å²) in [7, 11) is 3.52. The van der Waals surface area contributed by atoms with Crippen molar-refractivity contribution in [1.82, 2.24) is 25.3 Å². The van der Waals surface area contributed by atoms with Crippen molar-refractivity contribution in [2.24, 2.45) is 4.99 Å². The van der Waals surface area contributed by atoms with E-state index < -0.39 is 0 Å². The summed E-state index contributed by atoms with van der Waals surface area (Å²) >= 11 is 0. The van der Waals surface area contributed by atoms with Gasteiger partial charge >= 0.3 is 0 Å². The predicted octanol–water partition coefficient (Wildman–Crippen LogP) is 2.08. The van der Waals surface area contributed by atoms with Crippen molar-refractivity contribution >= 4 is 11.6 Å². The van der Waals surface area contributed by atoms with Gasteiger partial charge in [0.1, 0.15) is 11.4 Å². The van der Waals surface area contributed by atoms with E-state index in [9.17, 15) is 0 Å². The van der Waals surface area contributed by atoms with Gasteiger partial charge in [0.05, 0.1) is 12.8 Å². The number of aromatic nitrogens is 3. The third-order valence-electron chi connectivity index (χ3n) is 5.20. The van der Waals surface area contributed by atoms with E-state index in [0.29, 0.717) is 30.4 Å². The number of piperazine rings is 1. The molecule has 1 saturated heterocycles. The number of pyridine rings is 1. The van der Waals surface area contributed by atoms with Crippen molar-refractivity contribution < 1.29 is 9.26 Å². The lowest BCUT2D eigenvalue weighted by Crippen LogP contribution is -2.52. The fraction of sp³-hybridized carbons (Fsp3) is 0.364. The van der Waals surface area contributed by atoms with Gasteiger partial charge in [-0.05, 0) is 24.3 Å². The SMILES string of the molecule is CN=C(NCCc1noc(-c2ccccn2)n1)N1CCN(c2ccccc2OC)CC1. The molecule has 162 valence electrons. The largest absolute Gasteiger partial charge is 0.495 e. The lowest BCUT2D eigenvalue weighted by atomic mass is 10.2. The maximum atomic E-state index is 5.50. The zero-order chi connectivity index (χ0) is 21.5. The fourth-order valence-electron chi connectivity index (χ4n) is 3.62. The van der Waals surface area contributed by atoms with E-state index >= 15 is 0 Å². The maximum Gasteiger partial charge on any atom is 0.276 e. The monoisotopic (exact) mass is 421 g/mol. The molecule has 9 heteroatoms. The summed E-state index contributed by atoms with van der Waals surface area (Å²) in [4.78, 5) is 17.7. The number of guanidine groups is 1. The molecule has 3 heterocycles. The Morgan fingerprint density at radius 2 is 1.94 bits per heavy atom. The number of nitrogens with zero attached hydrogens (tertiary/aromatic N) is 6. The summed E-state index contributed by atoms with van der Waals surface area (Å²) in [6, 6.07) is 13.7. The number of nitrogens with one attached hydrogen (secondary N) is 1. The molecule has 1 N–H and O–H groups in total. The van der Waals surface area contributed by atoms with Crippen LogP contribution in [0.5, 0.6) is 5.75 Å². The summed E-state index contributed by atoms with van der Waals surface area (Å²) in [5, 5.41) is 7.46. The number of methoxy groups -OCH3 is 1. The Bertz CT molecular complexity index is 998. The molecular formula is C22H27N7O2. The first kappa shape index (κ1) is 20.6. The highest BCUT2D eigenvalue weighted by molar-refractivity contribution is 5.80. The minimum absolute atomic E-state index is 0.437. The van der Waals surface area contributed by atoms with Crippen LogP contribution in [0.2, 0.25) is 0 Å². The van der Waals surface area contributed by atoms with E-state index in [0.717, 1.165) is 43.6 Å². The molecule has 1 aliphatic rings. The van der Waals surface area contributed by atoms with Crippen LogP contribution in [-0.2, 0) is 6.42 Å². The van der Waals surface area contributed by atoms with Crippen LogP contribution in [0.4, 0.5) is 5.69 Å². The van der Waals surface area contributed by atoms with E-state index in [1.807, 2.05) is 43.4 Å². The quantitative estimate of drug-likeness (QED) is 0.478. The van der Waals surface area contributed by atoms with Crippen molar-refractivity contribution in [3.63, 3.8) is 0 Å². The second-order valence-electron chi connectivity index (χ2n) is 7.10. The first-order chi connectivity index (χ1) is 15.3. The van der Waals surface area contributed by atoms with Gasteiger partial charge in [-0.1, -0.05) is 23.4 Å². The summed E-state index contributed by atoms with van der Waals surface area (Å²) in [6.07, 6.45) is 2.34. The summed E-state index contributed by atoms with van der Waals surface area (Å²) < 4.78 is 10.8. The van der Waals surface area contributed by atoms with Crippen LogP contribution in [0.25, 0.3) is 11.6 Å². The van der Waals surface area contributed by atoms with Crippen molar-refractivity contribution in [1.29, 1.82) is 0 Å². The number of ether oxygens (including phenoxy) is 1. The summed E-state index contributed by atoms with van der Waals surface area (Å²) in [6.45, 7) is 4.23. The van der Waals surface area contributed by atoms with Gasteiger partial charge in [-0.15, -0.1) is 0 Å². The van der Waals surface area contributed by atoms with Crippen molar-refractivity contribution in [3.8, 4) is 17.3 Å². The standard InChI is InChI=1S/C22H27N7O2/c1-23-22(25-12-10-20-26-21(31-27-20)17-7-5-6-11-24-17)29-15-13-28(14-16-29)18-8-3-4-9-19(18)30-2/h3-9,11H,10,12-16H2,1-2H3,(H,23,25). The van der Waals surface area contributed by atoms with Gasteiger partial charge in [0, 0.05) is 52.4 Å². The number of hydrogen-bond donors (Lipinski definition) is 1. The molecule has 9 nitrogen and oxygen atoms in total. The molecule has 0 bridgehead atoms. The van der Waals surface area contributed by atoms with Crippen LogP contribution in [0, 0.1) is 0 Å². The van der Waals surface area contributed by atoms with Gasteiger partial charge in [-0.25, -0.2) is 0 Å². The summed E-state index contributed by atoms with van der Waals surface area (Å²) in [5.41, 5.74) is 1.81. The Kier molecular flexibility index (Phi) is 6.61. The number of para-hydroxylation sites is 2. The number of benzene rings is 1. The van der Waals surface area contributed by atoms with E-state index in [1.165, 1.54) is 0 Å².